The lowest BCUT2D eigenvalue weighted by Gasteiger charge is -2.09. The van der Waals surface area contributed by atoms with E-state index in [2.05, 4.69) is 37.1 Å². The smallest absolute Gasteiger partial charge is 0.108 e. The van der Waals surface area contributed by atoms with Crippen LogP contribution in [-0.2, 0) is 4.84 Å². The Balaban J connectivity index is 0.000000139. The van der Waals surface area contributed by atoms with Crippen molar-refractivity contribution in [3.05, 3.63) is 12.3 Å². The highest BCUT2D eigenvalue weighted by molar-refractivity contribution is 4.78. The van der Waals surface area contributed by atoms with E-state index in [9.17, 15) is 0 Å². The second-order valence-corrected chi connectivity index (χ2v) is 5.36. The van der Waals surface area contributed by atoms with Crippen molar-refractivity contribution in [1.82, 2.24) is 32.3 Å². The van der Waals surface area contributed by atoms with Crippen molar-refractivity contribution in [3.8, 4) is 0 Å². The summed E-state index contributed by atoms with van der Waals surface area (Å²) < 4.78 is 0. The first-order valence-corrected chi connectivity index (χ1v) is 8.61. The molecule has 130 valence electrons. The number of hydrogen-bond acceptors (Lipinski definition) is 7. The summed E-state index contributed by atoms with van der Waals surface area (Å²) in [7, 11) is 0. The predicted molar refractivity (Wildman–Crippen MR) is 91.3 cm³/mol. The molecule has 0 aromatic heterocycles. The van der Waals surface area contributed by atoms with Crippen LogP contribution in [-0.4, -0.2) is 58.9 Å². The Bertz CT molecular complexity index is 200. The van der Waals surface area contributed by atoms with Crippen molar-refractivity contribution in [2.75, 3.05) is 58.9 Å². The van der Waals surface area contributed by atoms with E-state index in [0.717, 1.165) is 19.6 Å². The van der Waals surface area contributed by atoms with Crippen LogP contribution in [0.5, 0.6) is 0 Å². The molecule has 5 aliphatic rings. The summed E-state index contributed by atoms with van der Waals surface area (Å²) in [6, 6.07) is 0. The third-order valence-electron chi connectivity index (χ3n) is 3.09. The molecule has 0 amide bonds. The van der Waals surface area contributed by atoms with Gasteiger partial charge in [-0.25, -0.2) is 0 Å². The first-order valence-electron chi connectivity index (χ1n) is 8.61. The van der Waals surface area contributed by atoms with Crippen LogP contribution in [0.15, 0.2) is 12.3 Å². The Hall–Kier alpha value is -0.700. The number of hydroxylamine groups is 1. The summed E-state index contributed by atoms with van der Waals surface area (Å²) in [5.41, 5.74) is 8.56. The summed E-state index contributed by atoms with van der Waals surface area (Å²) >= 11 is 0. The van der Waals surface area contributed by atoms with Crippen molar-refractivity contribution in [2.24, 2.45) is 0 Å². The van der Waals surface area contributed by atoms with Gasteiger partial charge in [-0.1, -0.05) is 0 Å². The minimum absolute atomic E-state index is 0.847. The van der Waals surface area contributed by atoms with E-state index < -0.39 is 0 Å². The van der Waals surface area contributed by atoms with Gasteiger partial charge in [0.2, 0.25) is 0 Å². The summed E-state index contributed by atoms with van der Waals surface area (Å²) in [5.74, 6) is 0. The lowest BCUT2D eigenvalue weighted by molar-refractivity contribution is 0.168. The number of nitrogens with one attached hydrogen (secondary N) is 6. The Morgan fingerprint density at radius 3 is 1.23 bits per heavy atom. The second kappa shape index (κ2) is 16.7. The maximum absolute atomic E-state index is 4.51. The fourth-order valence-corrected chi connectivity index (χ4v) is 1.48. The van der Waals surface area contributed by atoms with Gasteiger partial charge < -0.3 is 20.8 Å². The highest BCUT2D eigenvalue weighted by atomic mass is 16.6. The Labute approximate surface area is 134 Å². The maximum Gasteiger partial charge on any atom is 0.108 e. The van der Waals surface area contributed by atoms with Crippen LogP contribution in [0.2, 0.25) is 0 Å². The Kier molecular flexibility index (Phi) is 14.7. The topological polar surface area (TPSA) is 91.3 Å². The van der Waals surface area contributed by atoms with E-state index in [4.69, 9.17) is 0 Å². The van der Waals surface area contributed by atoms with Gasteiger partial charge in [-0.15, -0.1) is 0 Å². The number of rotatable bonds is 0. The molecule has 4 saturated heterocycles. The van der Waals surface area contributed by atoms with Gasteiger partial charge in [0.1, 0.15) is 6.26 Å². The van der Waals surface area contributed by atoms with Gasteiger partial charge >= 0.3 is 0 Å². The molecule has 0 spiro atoms. The van der Waals surface area contributed by atoms with Gasteiger partial charge in [0.05, 0.1) is 6.54 Å². The molecule has 5 rings (SSSR count). The van der Waals surface area contributed by atoms with Crippen LogP contribution in [0, 0.1) is 0 Å². The fourth-order valence-electron chi connectivity index (χ4n) is 1.48. The van der Waals surface area contributed by atoms with Crippen molar-refractivity contribution in [1.29, 1.82) is 0 Å². The molecule has 6 N–H and O–H groups in total. The maximum atomic E-state index is 4.51. The normalized spacial score (nSPS) is 22.9. The zero-order valence-electron chi connectivity index (χ0n) is 13.8. The Morgan fingerprint density at radius 1 is 0.591 bits per heavy atom. The lowest BCUT2D eigenvalue weighted by Crippen LogP contribution is -2.29. The van der Waals surface area contributed by atoms with Crippen molar-refractivity contribution in [3.63, 3.8) is 0 Å². The van der Waals surface area contributed by atoms with Crippen molar-refractivity contribution < 1.29 is 4.84 Å². The summed E-state index contributed by atoms with van der Waals surface area (Å²) in [5, 5.41) is 9.33. The molecule has 7 heteroatoms. The molecule has 0 aromatic rings. The first-order chi connectivity index (χ1) is 11.0. The average molecular weight is 314 g/mol. The van der Waals surface area contributed by atoms with Crippen molar-refractivity contribution >= 4 is 0 Å². The molecule has 0 aliphatic carbocycles. The van der Waals surface area contributed by atoms with Gasteiger partial charge in [0, 0.05) is 26.2 Å². The zero-order valence-corrected chi connectivity index (χ0v) is 13.8. The van der Waals surface area contributed by atoms with E-state index in [1.165, 1.54) is 65.0 Å². The minimum atomic E-state index is 0.847. The zero-order chi connectivity index (χ0) is 15.6. The van der Waals surface area contributed by atoms with Gasteiger partial charge in [-0.2, -0.15) is 5.48 Å². The summed E-state index contributed by atoms with van der Waals surface area (Å²) in [4.78, 5) is 4.51. The fraction of sp³-hybridized carbons (Fsp3) is 0.867. The summed E-state index contributed by atoms with van der Waals surface area (Å²) in [6.07, 6.45) is 8.97. The molecule has 5 aliphatic heterocycles. The van der Waals surface area contributed by atoms with Crippen molar-refractivity contribution in [2.45, 2.75) is 25.7 Å². The molecule has 5 heterocycles. The lowest BCUT2D eigenvalue weighted by atomic mass is 10.3. The third-order valence-corrected chi connectivity index (χ3v) is 3.09. The van der Waals surface area contributed by atoms with Gasteiger partial charge in [0.25, 0.3) is 0 Å². The van der Waals surface area contributed by atoms with Gasteiger partial charge in [-0.05, 0) is 57.9 Å². The van der Waals surface area contributed by atoms with Crippen LogP contribution >= 0.6 is 0 Å². The van der Waals surface area contributed by atoms with Crippen LogP contribution in [0.3, 0.4) is 0 Å². The molecule has 0 radical (unpaired) electrons. The van der Waals surface area contributed by atoms with Gasteiger partial charge in [0.15, 0.2) is 0 Å². The van der Waals surface area contributed by atoms with E-state index in [-0.39, 0.29) is 0 Å². The Morgan fingerprint density at radius 2 is 1.09 bits per heavy atom. The minimum Gasteiger partial charge on any atom is -0.417 e. The molecule has 0 atom stereocenters. The monoisotopic (exact) mass is 314 g/mol. The molecule has 0 unspecified atom stereocenters. The average Bonchev–Trinajstić information content (AvgIpc) is 3.09. The molecule has 7 nitrogen and oxygen atoms in total. The van der Waals surface area contributed by atoms with E-state index in [0.29, 0.717) is 0 Å². The summed E-state index contributed by atoms with van der Waals surface area (Å²) in [6.45, 7) is 10.6. The molecular formula is C15H34N6O. The SMILES string of the molecule is C1=CONC1.C1CCNC1.C1CN1.C1CNC1.C1CNNC1. The van der Waals surface area contributed by atoms with Crippen LogP contribution < -0.4 is 32.3 Å². The molecule has 0 aromatic carbocycles. The molecule has 4 fully saturated rings. The molecule has 22 heavy (non-hydrogen) atoms. The van der Waals surface area contributed by atoms with E-state index >= 15 is 0 Å². The first kappa shape index (κ1) is 19.3. The predicted octanol–water partition coefficient (Wildman–Crippen LogP) is -0.542. The standard InChI is InChI=1S/C4H9N.C3H8N2.C3H5NO.C3H7N.C2H5N/c3*1-2-4-5-3-1;1-2-4-3-1;1-2-3-1/h5H,1-4H2;4-5H,1-3H2;1,3-4H,2H2;4H,1-3H2;3H,1-2H2. The van der Waals surface area contributed by atoms with E-state index in [1.54, 1.807) is 6.26 Å². The molecule has 0 saturated carbocycles. The van der Waals surface area contributed by atoms with Crippen LogP contribution in [0.4, 0.5) is 0 Å². The van der Waals surface area contributed by atoms with E-state index in [1.807, 2.05) is 6.08 Å². The van der Waals surface area contributed by atoms with Gasteiger partial charge in [-0.3, -0.25) is 10.9 Å². The highest BCUT2D eigenvalue weighted by Gasteiger charge is 1.93. The number of hydrazine groups is 1. The number of hydrogen-bond donors (Lipinski definition) is 6. The highest BCUT2D eigenvalue weighted by Crippen LogP contribution is 1.90. The van der Waals surface area contributed by atoms with Crippen LogP contribution in [0.25, 0.3) is 0 Å². The third kappa shape index (κ3) is 17.4. The van der Waals surface area contributed by atoms with Crippen LogP contribution in [0.1, 0.15) is 25.7 Å². The molecular weight excluding hydrogens is 280 g/mol. The molecule has 0 bridgehead atoms. The second-order valence-electron chi connectivity index (χ2n) is 5.36. The largest absolute Gasteiger partial charge is 0.417 e. The quantitative estimate of drug-likeness (QED) is 0.335.